The van der Waals surface area contributed by atoms with E-state index in [2.05, 4.69) is 0 Å². The molecule has 3 rings (SSSR count). The standard InChI is InChI=1S/C19H20N2O5/c1-25-17(13-5-3-2-4-6-13)19(23)21-9-10-26-16-11-14(18(22)20-24)7-8-15(16)12-21/h2-8,11,17,24H,9-10,12H2,1H3,(H,20,22). The molecular formula is C19H20N2O5. The van der Waals surface area contributed by atoms with Crippen LogP contribution in [0.25, 0.3) is 0 Å². The van der Waals surface area contributed by atoms with Gasteiger partial charge in [0.2, 0.25) is 0 Å². The highest BCUT2D eigenvalue weighted by Gasteiger charge is 2.28. The molecule has 0 spiro atoms. The Morgan fingerprint density at radius 2 is 2.00 bits per heavy atom. The van der Waals surface area contributed by atoms with Crippen molar-refractivity contribution >= 4 is 11.8 Å². The second-order valence-electron chi connectivity index (χ2n) is 5.90. The Hall–Kier alpha value is -2.90. The lowest BCUT2D eigenvalue weighted by Crippen LogP contribution is -2.36. The van der Waals surface area contributed by atoms with Gasteiger partial charge in [-0.1, -0.05) is 36.4 Å². The average molecular weight is 356 g/mol. The topological polar surface area (TPSA) is 88.1 Å². The highest BCUT2D eigenvalue weighted by atomic mass is 16.5. The predicted molar refractivity (Wildman–Crippen MR) is 92.8 cm³/mol. The number of hydroxylamine groups is 1. The summed E-state index contributed by atoms with van der Waals surface area (Å²) in [5.41, 5.74) is 3.46. The van der Waals surface area contributed by atoms with Crippen molar-refractivity contribution in [3.05, 3.63) is 65.2 Å². The SMILES string of the molecule is COC(C(=O)N1CCOc2cc(C(=O)NO)ccc2C1)c1ccccc1. The molecule has 1 aliphatic heterocycles. The van der Waals surface area contributed by atoms with Crippen molar-refractivity contribution in [3.8, 4) is 5.75 Å². The lowest BCUT2D eigenvalue weighted by atomic mass is 10.1. The highest BCUT2D eigenvalue weighted by Crippen LogP contribution is 2.27. The van der Waals surface area contributed by atoms with E-state index < -0.39 is 12.0 Å². The first-order valence-corrected chi connectivity index (χ1v) is 8.20. The van der Waals surface area contributed by atoms with Crippen LogP contribution < -0.4 is 10.2 Å². The summed E-state index contributed by atoms with van der Waals surface area (Å²) in [6.07, 6.45) is -0.683. The minimum absolute atomic E-state index is 0.146. The van der Waals surface area contributed by atoms with Crippen LogP contribution in [0, 0.1) is 0 Å². The Bertz CT molecular complexity index is 794. The molecule has 0 bridgehead atoms. The van der Waals surface area contributed by atoms with Gasteiger partial charge in [0.15, 0.2) is 6.10 Å². The molecule has 0 aliphatic carbocycles. The molecule has 1 heterocycles. The van der Waals surface area contributed by atoms with Gasteiger partial charge in [-0.3, -0.25) is 14.8 Å². The van der Waals surface area contributed by atoms with Gasteiger partial charge in [-0.15, -0.1) is 0 Å². The van der Waals surface area contributed by atoms with Gasteiger partial charge in [0, 0.05) is 24.8 Å². The van der Waals surface area contributed by atoms with E-state index in [4.69, 9.17) is 14.7 Å². The van der Waals surface area contributed by atoms with Crippen LogP contribution >= 0.6 is 0 Å². The maximum atomic E-state index is 13.0. The lowest BCUT2D eigenvalue weighted by Gasteiger charge is -2.25. The Balaban J connectivity index is 1.82. The fraction of sp³-hybridized carbons (Fsp3) is 0.263. The number of nitrogens with zero attached hydrogens (tertiary/aromatic N) is 1. The van der Waals surface area contributed by atoms with Crippen LogP contribution in [-0.4, -0.2) is 42.2 Å². The average Bonchev–Trinajstić information content (AvgIpc) is 2.90. The number of hydrogen-bond donors (Lipinski definition) is 2. The molecule has 1 atom stereocenters. The van der Waals surface area contributed by atoms with E-state index in [1.165, 1.54) is 7.11 Å². The summed E-state index contributed by atoms with van der Waals surface area (Å²) < 4.78 is 11.1. The lowest BCUT2D eigenvalue weighted by molar-refractivity contribution is -0.143. The number of amides is 2. The third-order valence-electron chi connectivity index (χ3n) is 4.28. The molecule has 0 fully saturated rings. The van der Waals surface area contributed by atoms with E-state index in [0.29, 0.717) is 25.4 Å². The first-order valence-electron chi connectivity index (χ1n) is 8.20. The molecule has 2 aromatic carbocycles. The fourth-order valence-electron chi connectivity index (χ4n) is 2.94. The van der Waals surface area contributed by atoms with Gasteiger partial charge >= 0.3 is 0 Å². The maximum absolute atomic E-state index is 13.0. The number of methoxy groups -OCH3 is 1. The van der Waals surface area contributed by atoms with Gasteiger partial charge in [0.05, 0.1) is 6.54 Å². The van der Waals surface area contributed by atoms with E-state index in [0.717, 1.165) is 11.1 Å². The van der Waals surface area contributed by atoms with Crippen molar-refractivity contribution in [3.63, 3.8) is 0 Å². The zero-order valence-electron chi connectivity index (χ0n) is 14.3. The van der Waals surface area contributed by atoms with E-state index in [-0.39, 0.29) is 11.5 Å². The molecule has 1 aliphatic rings. The zero-order valence-corrected chi connectivity index (χ0v) is 14.3. The van der Waals surface area contributed by atoms with Crippen LogP contribution in [0.1, 0.15) is 27.6 Å². The monoisotopic (exact) mass is 356 g/mol. The third-order valence-corrected chi connectivity index (χ3v) is 4.28. The predicted octanol–water partition coefficient (Wildman–Crippen LogP) is 1.91. The molecule has 136 valence electrons. The minimum atomic E-state index is -0.683. The Morgan fingerprint density at radius 3 is 2.69 bits per heavy atom. The Kier molecular flexibility index (Phi) is 5.50. The number of ether oxygens (including phenoxy) is 2. The minimum Gasteiger partial charge on any atom is -0.491 e. The molecule has 0 saturated heterocycles. The summed E-state index contributed by atoms with van der Waals surface area (Å²) in [7, 11) is 1.51. The summed E-state index contributed by atoms with van der Waals surface area (Å²) in [6, 6.07) is 14.2. The van der Waals surface area contributed by atoms with Gasteiger partial charge in [-0.25, -0.2) is 5.48 Å². The summed E-state index contributed by atoms with van der Waals surface area (Å²) >= 11 is 0. The molecule has 0 saturated carbocycles. The molecule has 2 N–H and O–H groups in total. The van der Waals surface area contributed by atoms with Crippen LogP contribution in [0.2, 0.25) is 0 Å². The molecule has 7 nitrogen and oxygen atoms in total. The number of hydrogen-bond acceptors (Lipinski definition) is 5. The number of fused-ring (bicyclic) bond motifs is 1. The summed E-state index contributed by atoms with van der Waals surface area (Å²) in [5.74, 6) is -0.237. The largest absolute Gasteiger partial charge is 0.491 e. The molecule has 1 unspecified atom stereocenters. The normalized spacial score (nSPS) is 14.6. The maximum Gasteiger partial charge on any atom is 0.274 e. The van der Waals surface area contributed by atoms with Crippen molar-refractivity contribution in [1.29, 1.82) is 0 Å². The second-order valence-corrected chi connectivity index (χ2v) is 5.90. The summed E-state index contributed by atoms with van der Waals surface area (Å²) in [5, 5.41) is 8.75. The number of carbonyl (C=O) groups excluding carboxylic acids is 2. The number of nitrogens with one attached hydrogen (secondary N) is 1. The van der Waals surface area contributed by atoms with Crippen molar-refractivity contribution in [1.82, 2.24) is 10.4 Å². The van der Waals surface area contributed by atoms with E-state index >= 15 is 0 Å². The molecule has 7 heteroatoms. The van der Waals surface area contributed by atoms with E-state index in [1.807, 2.05) is 30.3 Å². The molecule has 0 aromatic heterocycles. The van der Waals surface area contributed by atoms with Crippen LogP contribution in [0.5, 0.6) is 5.75 Å². The highest BCUT2D eigenvalue weighted by molar-refractivity contribution is 5.93. The van der Waals surface area contributed by atoms with E-state index in [9.17, 15) is 9.59 Å². The van der Waals surface area contributed by atoms with Crippen LogP contribution in [-0.2, 0) is 16.1 Å². The Morgan fingerprint density at radius 1 is 1.23 bits per heavy atom. The first kappa shape index (κ1) is 17.9. The number of rotatable bonds is 4. The van der Waals surface area contributed by atoms with Crippen molar-refractivity contribution in [2.45, 2.75) is 12.6 Å². The van der Waals surface area contributed by atoms with Crippen molar-refractivity contribution in [2.75, 3.05) is 20.3 Å². The van der Waals surface area contributed by atoms with Gasteiger partial charge in [0.25, 0.3) is 11.8 Å². The van der Waals surface area contributed by atoms with Crippen molar-refractivity contribution in [2.24, 2.45) is 0 Å². The second kappa shape index (κ2) is 7.99. The molecule has 2 aromatic rings. The molecular weight excluding hydrogens is 336 g/mol. The fourth-order valence-corrected chi connectivity index (χ4v) is 2.94. The molecule has 2 amide bonds. The van der Waals surface area contributed by atoms with Crippen molar-refractivity contribution < 1.29 is 24.3 Å². The van der Waals surface area contributed by atoms with Gasteiger partial charge in [-0.05, 0) is 17.7 Å². The summed E-state index contributed by atoms with van der Waals surface area (Å²) in [6.45, 7) is 1.05. The van der Waals surface area contributed by atoms with Gasteiger partial charge in [0.1, 0.15) is 12.4 Å². The van der Waals surface area contributed by atoms with Gasteiger partial charge in [-0.2, -0.15) is 0 Å². The number of carbonyl (C=O) groups is 2. The Labute approximate surface area is 151 Å². The molecule has 0 radical (unpaired) electrons. The zero-order chi connectivity index (χ0) is 18.5. The van der Waals surface area contributed by atoms with Crippen LogP contribution in [0.4, 0.5) is 0 Å². The number of benzene rings is 2. The first-order chi connectivity index (χ1) is 12.6. The summed E-state index contributed by atoms with van der Waals surface area (Å²) in [4.78, 5) is 26.2. The van der Waals surface area contributed by atoms with Crippen LogP contribution in [0.15, 0.2) is 48.5 Å². The smallest absolute Gasteiger partial charge is 0.274 e. The third kappa shape index (κ3) is 3.68. The van der Waals surface area contributed by atoms with E-state index in [1.54, 1.807) is 28.6 Å². The van der Waals surface area contributed by atoms with Gasteiger partial charge < -0.3 is 14.4 Å². The molecule has 26 heavy (non-hydrogen) atoms. The quantitative estimate of drug-likeness (QED) is 0.645. The van der Waals surface area contributed by atoms with Crippen LogP contribution in [0.3, 0.4) is 0 Å².